The minimum absolute atomic E-state index is 0.139. The molecule has 0 fully saturated rings. The molecule has 0 saturated heterocycles. The van der Waals surface area contributed by atoms with Crippen LogP contribution in [0.5, 0.6) is 0 Å². The minimum atomic E-state index is -0.139. The lowest BCUT2D eigenvalue weighted by Gasteiger charge is -2.29. The number of benzene rings is 10. The molecule has 312 valence electrons. The molecule has 0 atom stereocenters. The Morgan fingerprint density at radius 3 is 1.35 bits per heavy atom. The summed E-state index contributed by atoms with van der Waals surface area (Å²) in [6, 6.07) is 87.1. The topological polar surface area (TPSA) is 13.1 Å². The third-order valence-electron chi connectivity index (χ3n) is 14.1. The van der Waals surface area contributed by atoms with E-state index in [1.807, 2.05) is 0 Å². The van der Waals surface area contributed by atoms with Gasteiger partial charge in [0.05, 0.1) is 22.1 Å². The van der Waals surface area contributed by atoms with E-state index in [0.29, 0.717) is 0 Å². The van der Waals surface area contributed by atoms with Gasteiger partial charge < -0.3 is 14.0 Å². The zero-order chi connectivity index (χ0) is 43.9. The molecular weight excluding hydrogens is 799 g/mol. The molecule has 66 heavy (non-hydrogen) atoms. The lowest BCUT2D eigenvalue weighted by molar-refractivity contribution is 0.660. The fourth-order valence-corrected chi connectivity index (χ4v) is 10.9. The largest absolute Gasteiger partial charge is 0.310 e. The molecular formula is C63H45N3. The Balaban J connectivity index is 1.05. The van der Waals surface area contributed by atoms with E-state index in [-0.39, 0.29) is 5.41 Å². The predicted octanol–water partition coefficient (Wildman–Crippen LogP) is 17.0. The highest BCUT2D eigenvalue weighted by Crippen LogP contribution is 2.51. The normalized spacial score (nSPS) is 12.8. The SMILES string of the molecule is CC1(C)c2ccccc2-c2ccc(N(c3ccccc3)c3cc(-c4ccc5c(c4)c4ccccc4n5-c4ccccc4)cc(-c4ccc5c(c4)c4ccccc4n5-c4ccccc4)c3)cc21. The van der Waals surface area contributed by atoms with Gasteiger partial charge in [0.15, 0.2) is 0 Å². The molecule has 0 saturated carbocycles. The van der Waals surface area contributed by atoms with Gasteiger partial charge in [-0.3, -0.25) is 0 Å². The van der Waals surface area contributed by atoms with Gasteiger partial charge in [-0.05, 0) is 148 Å². The number of aromatic nitrogens is 2. The van der Waals surface area contributed by atoms with Crippen molar-refractivity contribution in [3.8, 4) is 44.8 Å². The summed E-state index contributed by atoms with van der Waals surface area (Å²) in [7, 11) is 0. The zero-order valence-corrected chi connectivity index (χ0v) is 36.9. The second-order valence-electron chi connectivity index (χ2n) is 18.2. The van der Waals surface area contributed by atoms with E-state index in [1.54, 1.807) is 0 Å². The summed E-state index contributed by atoms with van der Waals surface area (Å²) in [6.45, 7) is 4.73. The first kappa shape index (κ1) is 38.1. The van der Waals surface area contributed by atoms with Crippen LogP contribution in [0.2, 0.25) is 0 Å². The molecule has 13 rings (SSSR count). The van der Waals surface area contributed by atoms with Crippen LogP contribution in [0.3, 0.4) is 0 Å². The van der Waals surface area contributed by atoms with Crippen molar-refractivity contribution in [1.29, 1.82) is 0 Å². The second kappa shape index (κ2) is 14.8. The van der Waals surface area contributed by atoms with Crippen molar-refractivity contribution in [3.63, 3.8) is 0 Å². The van der Waals surface area contributed by atoms with E-state index in [1.165, 1.54) is 77.0 Å². The van der Waals surface area contributed by atoms with Crippen LogP contribution in [0, 0.1) is 0 Å². The van der Waals surface area contributed by atoms with Crippen LogP contribution in [0.1, 0.15) is 25.0 Å². The number of para-hydroxylation sites is 5. The molecule has 0 unspecified atom stereocenters. The molecule has 0 N–H and O–H groups in total. The smallest absolute Gasteiger partial charge is 0.0541 e. The number of nitrogens with zero attached hydrogens (tertiary/aromatic N) is 3. The third kappa shape index (κ3) is 5.90. The molecule has 12 aromatic rings. The Morgan fingerprint density at radius 1 is 0.303 bits per heavy atom. The number of hydrogen-bond donors (Lipinski definition) is 0. The van der Waals surface area contributed by atoms with Gasteiger partial charge in [-0.2, -0.15) is 0 Å². The second-order valence-corrected chi connectivity index (χ2v) is 18.2. The van der Waals surface area contributed by atoms with Crippen molar-refractivity contribution in [2.75, 3.05) is 4.90 Å². The first-order valence-electron chi connectivity index (χ1n) is 22.9. The summed E-state index contributed by atoms with van der Waals surface area (Å²) < 4.78 is 4.78. The summed E-state index contributed by atoms with van der Waals surface area (Å²) in [5.41, 5.74) is 20.3. The molecule has 0 amide bonds. The van der Waals surface area contributed by atoms with Crippen LogP contribution < -0.4 is 4.90 Å². The summed E-state index contributed by atoms with van der Waals surface area (Å²) in [5.74, 6) is 0. The molecule has 0 bridgehead atoms. The Labute approximate surface area is 384 Å². The Morgan fingerprint density at radius 2 is 0.773 bits per heavy atom. The van der Waals surface area contributed by atoms with Gasteiger partial charge >= 0.3 is 0 Å². The molecule has 3 nitrogen and oxygen atoms in total. The van der Waals surface area contributed by atoms with Crippen LogP contribution in [-0.2, 0) is 5.41 Å². The van der Waals surface area contributed by atoms with Crippen molar-refractivity contribution >= 4 is 60.7 Å². The van der Waals surface area contributed by atoms with Crippen LogP contribution >= 0.6 is 0 Å². The summed E-state index contributed by atoms with van der Waals surface area (Å²) in [4.78, 5) is 2.45. The molecule has 2 aromatic heterocycles. The van der Waals surface area contributed by atoms with Crippen LogP contribution in [0.15, 0.2) is 237 Å². The fourth-order valence-electron chi connectivity index (χ4n) is 10.9. The maximum atomic E-state index is 2.45. The molecule has 0 radical (unpaired) electrons. The highest BCUT2D eigenvalue weighted by molar-refractivity contribution is 6.12. The predicted molar refractivity (Wildman–Crippen MR) is 278 cm³/mol. The van der Waals surface area contributed by atoms with Gasteiger partial charge in [0.25, 0.3) is 0 Å². The van der Waals surface area contributed by atoms with Gasteiger partial charge in [0.2, 0.25) is 0 Å². The average molecular weight is 844 g/mol. The molecule has 10 aromatic carbocycles. The van der Waals surface area contributed by atoms with Gasteiger partial charge in [-0.1, -0.05) is 147 Å². The summed E-state index contributed by atoms with van der Waals surface area (Å²) in [6.07, 6.45) is 0. The van der Waals surface area contributed by atoms with E-state index >= 15 is 0 Å². The van der Waals surface area contributed by atoms with E-state index in [4.69, 9.17) is 0 Å². The van der Waals surface area contributed by atoms with Crippen molar-refractivity contribution < 1.29 is 0 Å². The van der Waals surface area contributed by atoms with Crippen molar-refractivity contribution in [1.82, 2.24) is 9.13 Å². The molecule has 0 spiro atoms. The van der Waals surface area contributed by atoms with Gasteiger partial charge in [-0.25, -0.2) is 0 Å². The van der Waals surface area contributed by atoms with Crippen LogP contribution in [0.4, 0.5) is 17.1 Å². The Kier molecular flexibility index (Phi) is 8.56. The van der Waals surface area contributed by atoms with Gasteiger partial charge in [0.1, 0.15) is 0 Å². The third-order valence-corrected chi connectivity index (χ3v) is 14.1. The molecule has 1 aliphatic carbocycles. The lowest BCUT2D eigenvalue weighted by Crippen LogP contribution is -2.16. The van der Waals surface area contributed by atoms with Gasteiger partial charge in [0, 0.05) is 55.4 Å². The maximum absolute atomic E-state index is 2.45. The molecule has 1 aliphatic rings. The number of rotatable bonds is 7. The summed E-state index contributed by atoms with van der Waals surface area (Å²) in [5, 5.41) is 4.94. The van der Waals surface area contributed by atoms with Crippen molar-refractivity contribution in [2.24, 2.45) is 0 Å². The molecule has 0 aliphatic heterocycles. The van der Waals surface area contributed by atoms with E-state index < -0.39 is 0 Å². The lowest BCUT2D eigenvalue weighted by atomic mass is 9.82. The quantitative estimate of drug-likeness (QED) is 0.156. The highest BCUT2D eigenvalue weighted by atomic mass is 15.1. The van der Waals surface area contributed by atoms with Gasteiger partial charge in [-0.15, -0.1) is 0 Å². The van der Waals surface area contributed by atoms with Crippen molar-refractivity contribution in [3.05, 3.63) is 248 Å². The first-order valence-corrected chi connectivity index (χ1v) is 22.9. The first-order chi connectivity index (χ1) is 32.5. The van der Waals surface area contributed by atoms with E-state index in [9.17, 15) is 0 Å². The summed E-state index contributed by atoms with van der Waals surface area (Å²) >= 11 is 0. The van der Waals surface area contributed by atoms with Crippen LogP contribution in [0.25, 0.3) is 88.4 Å². The average Bonchev–Trinajstić information content (AvgIpc) is 3.97. The highest BCUT2D eigenvalue weighted by Gasteiger charge is 2.36. The number of anilines is 3. The molecule has 2 heterocycles. The fraction of sp³-hybridized carbons (Fsp3) is 0.0476. The Bertz CT molecular complexity index is 3660. The van der Waals surface area contributed by atoms with E-state index in [0.717, 1.165) is 39.6 Å². The maximum Gasteiger partial charge on any atom is 0.0541 e. The Hall–Kier alpha value is -8.40. The number of fused-ring (bicyclic) bond motifs is 9. The zero-order valence-electron chi connectivity index (χ0n) is 36.9. The van der Waals surface area contributed by atoms with E-state index in [2.05, 4.69) is 264 Å². The standard InChI is InChI=1S/C63H45N3/c1-63(2)57-27-15-12-24-51(57)52-33-32-49(41-58(52)63)64(46-18-6-3-7-19-46)50-37-44(42-30-34-61-55(39-42)53-25-13-16-28-59(53)65(61)47-20-8-4-9-21-47)36-45(38-50)43-31-35-62-56(40-43)54-26-14-17-29-60(54)66(62)48-22-10-5-11-23-48/h3-41H,1-2H3. The molecule has 3 heteroatoms. The monoisotopic (exact) mass is 843 g/mol. The van der Waals surface area contributed by atoms with Crippen molar-refractivity contribution in [2.45, 2.75) is 19.3 Å². The number of hydrogen-bond acceptors (Lipinski definition) is 1. The van der Waals surface area contributed by atoms with Crippen LogP contribution in [-0.4, -0.2) is 9.13 Å². The minimum Gasteiger partial charge on any atom is -0.310 e.